The van der Waals surface area contributed by atoms with Crippen LogP contribution in [-0.4, -0.2) is 16.2 Å². The molecule has 0 radical (unpaired) electrons. The van der Waals surface area contributed by atoms with Crippen molar-refractivity contribution >= 4 is 17.6 Å². The van der Waals surface area contributed by atoms with Gasteiger partial charge in [-0.3, -0.25) is 0 Å². The molecule has 58 valence electrons. The summed E-state index contributed by atoms with van der Waals surface area (Å²) in [4.78, 5) is 10.1. The number of carboxylic acids is 1. The second-order valence-electron chi connectivity index (χ2n) is 1.95. The highest BCUT2D eigenvalue weighted by Crippen LogP contribution is 2.27. The molecule has 2 unspecified atom stereocenters. The molecule has 0 saturated carbocycles. The second-order valence-corrected chi connectivity index (χ2v) is 2.50. The van der Waals surface area contributed by atoms with Crippen LogP contribution in [0, 0.1) is 5.92 Å². The van der Waals surface area contributed by atoms with E-state index in [1.807, 2.05) is 0 Å². The maximum absolute atomic E-state index is 12.7. The Hall–Kier alpha value is -0.570. The third-order valence-corrected chi connectivity index (χ3v) is 1.72. The summed E-state index contributed by atoms with van der Waals surface area (Å²) in [5.41, 5.74) is 0. The molecule has 0 aliphatic heterocycles. The monoisotopic (exact) mass is 166 g/mol. The van der Waals surface area contributed by atoms with Gasteiger partial charge in [0.2, 0.25) is 0 Å². The predicted molar refractivity (Wildman–Crippen MR) is 36.7 cm³/mol. The second kappa shape index (κ2) is 3.01. The maximum Gasteiger partial charge on any atom is 0.357 e. The van der Waals surface area contributed by atoms with Crippen molar-refractivity contribution in [3.8, 4) is 0 Å². The van der Waals surface area contributed by atoms with Gasteiger partial charge < -0.3 is 5.11 Å². The summed E-state index contributed by atoms with van der Waals surface area (Å²) in [6.45, 7) is 4.56. The van der Waals surface area contributed by atoms with Gasteiger partial charge in [-0.25, -0.2) is 9.18 Å². The molecule has 1 N–H and O–H groups in total. The number of alkyl halides is 2. The molecule has 2 nitrogen and oxygen atoms in total. The van der Waals surface area contributed by atoms with Crippen molar-refractivity contribution in [3.05, 3.63) is 12.7 Å². The van der Waals surface area contributed by atoms with Gasteiger partial charge in [0.25, 0.3) is 5.13 Å². The molecule has 4 heteroatoms. The molecule has 0 aromatic heterocycles. The van der Waals surface area contributed by atoms with Gasteiger partial charge in [-0.1, -0.05) is 24.6 Å². The summed E-state index contributed by atoms with van der Waals surface area (Å²) in [5.74, 6) is -2.58. The van der Waals surface area contributed by atoms with Gasteiger partial charge in [0, 0.05) is 5.92 Å². The first-order chi connectivity index (χ1) is 4.42. The molecular formula is C6H8ClFO2. The summed E-state index contributed by atoms with van der Waals surface area (Å²) in [5, 5.41) is 5.47. The van der Waals surface area contributed by atoms with E-state index in [1.54, 1.807) is 0 Å². The zero-order chi connectivity index (χ0) is 8.36. The van der Waals surface area contributed by atoms with Gasteiger partial charge in [0.05, 0.1) is 0 Å². The van der Waals surface area contributed by atoms with Crippen LogP contribution in [0.15, 0.2) is 12.7 Å². The predicted octanol–water partition coefficient (Wildman–Crippen LogP) is 1.80. The number of hydrogen-bond donors (Lipinski definition) is 1. The van der Waals surface area contributed by atoms with Gasteiger partial charge in [-0.05, 0) is 0 Å². The molecule has 0 aromatic carbocycles. The number of allylic oxidation sites excluding steroid dienone is 1. The number of halogens is 2. The van der Waals surface area contributed by atoms with E-state index < -0.39 is 17.0 Å². The fourth-order valence-corrected chi connectivity index (χ4v) is 0.432. The summed E-state index contributed by atoms with van der Waals surface area (Å²) >= 11 is 4.98. The van der Waals surface area contributed by atoms with Crippen LogP contribution >= 0.6 is 11.6 Å². The fraction of sp³-hybridized carbons (Fsp3) is 0.500. The van der Waals surface area contributed by atoms with E-state index in [-0.39, 0.29) is 0 Å². The highest BCUT2D eigenvalue weighted by atomic mass is 35.5. The molecule has 0 fully saturated rings. The smallest absolute Gasteiger partial charge is 0.357 e. The van der Waals surface area contributed by atoms with Crippen molar-refractivity contribution in [1.29, 1.82) is 0 Å². The van der Waals surface area contributed by atoms with E-state index in [1.165, 1.54) is 6.92 Å². The first-order valence-corrected chi connectivity index (χ1v) is 3.04. The normalized spacial score (nSPS) is 19.1. The van der Waals surface area contributed by atoms with Gasteiger partial charge in [-0.2, -0.15) is 0 Å². The molecular weight excluding hydrogens is 159 g/mol. The van der Waals surface area contributed by atoms with Crippen LogP contribution in [-0.2, 0) is 4.79 Å². The van der Waals surface area contributed by atoms with Crippen molar-refractivity contribution in [3.63, 3.8) is 0 Å². The lowest BCUT2D eigenvalue weighted by Crippen LogP contribution is -2.33. The maximum atomic E-state index is 12.7. The van der Waals surface area contributed by atoms with Gasteiger partial charge in [-0.15, -0.1) is 6.58 Å². The van der Waals surface area contributed by atoms with E-state index in [0.717, 1.165) is 6.08 Å². The van der Waals surface area contributed by atoms with E-state index in [2.05, 4.69) is 6.58 Å². The lowest BCUT2D eigenvalue weighted by atomic mass is 10.1. The van der Waals surface area contributed by atoms with Crippen LogP contribution in [0.2, 0.25) is 0 Å². The third-order valence-electron chi connectivity index (χ3n) is 1.21. The van der Waals surface area contributed by atoms with E-state index >= 15 is 0 Å². The van der Waals surface area contributed by atoms with Crippen LogP contribution in [0.3, 0.4) is 0 Å². The van der Waals surface area contributed by atoms with Gasteiger partial charge in [0.15, 0.2) is 0 Å². The van der Waals surface area contributed by atoms with Crippen LogP contribution in [0.25, 0.3) is 0 Å². The van der Waals surface area contributed by atoms with E-state index in [9.17, 15) is 9.18 Å². The Morgan fingerprint density at radius 3 is 2.50 bits per heavy atom. The highest BCUT2D eigenvalue weighted by Gasteiger charge is 2.40. The molecule has 0 aliphatic carbocycles. The number of hydrogen-bond acceptors (Lipinski definition) is 1. The number of rotatable bonds is 3. The lowest BCUT2D eigenvalue weighted by molar-refractivity contribution is -0.146. The fourth-order valence-electron chi connectivity index (χ4n) is 0.343. The van der Waals surface area contributed by atoms with Crippen molar-refractivity contribution < 1.29 is 14.3 Å². The first kappa shape index (κ1) is 9.43. The molecule has 0 aromatic rings. The Morgan fingerprint density at radius 1 is 2.00 bits per heavy atom. The van der Waals surface area contributed by atoms with Crippen LogP contribution in [0.1, 0.15) is 6.92 Å². The average Bonchev–Trinajstić information content (AvgIpc) is 1.86. The highest BCUT2D eigenvalue weighted by molar-refractivity contribution is 6.32. The van der Waals surface area contributed by atoms with Gasteiger partial charge >= 0.3 is 5.97 Å². The zero-order valence-electron chi connectivity index (χ0n) is 5.47. The minimum absolute atomic E-state index is 0.897. The first-order valence-electron chi connectivity index (χ1n) is 2.66. The van der Waals surface area contributed by atoms with E-state index in [0.29, 0.717) is 0 Å². The molecule has 0 spiro atoms. The summed E-state index contributed by atoms with van der Waals surface area (Å²) in [7, 11) is 0. The van der Waals surface area contributed by atoms with Crippen molar-refractivity contribution in [2.24, 2.45) is 5.92 Å². The van der Waals surface area contributed by atoms with Crippen molar-refractivity contribution in [1.82, 2.24) is 0 Å². The Balaban J connectivity index is 4.38. The Labute approximate surface area is 63.3 Å². The van der Waals surface area contributed by atoms with E-state index in [4.69, 9.17) is 16.7 Å². The molecule has 10 heavy (non-hydrogen) atoms. The number of carbonyl (C=O) groups is 1. The van der Waals surface area contributed by atoms with Crippen molar-refractivity contribution in [2.75, 3.05) is 0 Å². The average molecular weight is 167 g/mol. The Bertz CT molecular complexity index is 156. The molecule has 0 heterocycles. The standard InChI is InChI=1S/C6H8ClFO2/c1-3-4(2)6(7,8)5(9)10/h3-4H,1H2,2H3,(H,9,10). The number of aliphatic carboxylic acids is 1. The minimum Gasteiger partial charge on any atom is -0.478 e. The Morgan fingerprint density at radius 2 is 2.40 bits per heavy atom. The van der Waals surface area contributed by atoms with Crippen LogP contribution in [0.4, 0.5) is 4.39 Å². The largest absolute Gasteiger partial charge is 0.478 e. The van der Waals surface area contributed by atoms with Gasteiger partial charge in [0.1, 0.15) is 0 Å². The van der Waals surface area contributed by atoms with Crippen LogP contribution in [0.5, 0.6) is 0 Å². The minimum atomic E-state index is -2.72. The molecule has 0 aliphatic rings. The summed E-state index contributed by atoms with van der Waals surface area (Å²) < 4.78 is 12.7. The molecule has 2 atom stereocenters. The molecule has 0 saturated heterocycles. The molecule has 0 amide bonds. The Kier molecular flexibility index (Phi) is 2.84. The third kappa shape index (κ3) is 1.70. The SMILES string of the molecule is C=CC(C)C(F)(Cl)C(=O)O. The summed E-state index contributed by atoms with van der Waals surface area (Å²) in [6.07, 6.45) is 1.15. The van der Waals surface area contributed by atoms with Crippen LogP contribution < -0.4 is 0 Å². The van der Waals surface area contributed by atoms with Crippen molar-refractivity contribution in [2.45, 2.75) is 12.1 Å². The zero-order valence-corrected chi connectivity index (χ0v) is 6.23. The topological polar surface area (TPSA) is 37.3 Å². The number of carboxylic acid groups (broad SMARTS) is 1. The quantitative estimate of drug-likeness (QED) is 0.513. The molecule has 0 rings (SSSR count). The molecule has 0 bridgehead atoms. The lowest BCUT2D eigenvalue weighted by Gasteiger charge is -2.16. The summed E-state index contributed by atoms with van der Waals surface area (Å²) in [6, 6.07) is 0.